The topological polar surface area (TPSA) is 62.6 Å². The minimum absolute atomic E-state index is 0.285. The number of hydrogen-bond acceptors (Lipinski definition) is 4. The quantitative estimate of drug-likeness (QED) is 0.519. The monoisotopic (exact) mass is 187 g/mol. The first-order chi connectivity index (χ1) is 5.61. The van der Waals surface area contributed by atoms with Crippen LogP contribution in [0.1, 0.15) is 5.56 Å². The van der Waals surface area contributed by atoms with Gasteiger partial charge in [0.25, 0.3) is 0 Å². The molecule has 0 saturated heterocycles. The Morgan fingerprint density at radius 1 is 1.58 bits per heavy atom. The van der Waals surface area contributed by atoms with Crippen LogP contribution in [0.5, 0.6) is 5.75 Å². The number of pyridine rings is 1. The number of rotatable bonds is 2. The standard InChI is InChI=1S/C6H7BClNO3/c1-4-5(12-7(10)11)2-3-9-6(4)8/h2-3,10-11H,1H3. The molecule has 12 heavy (non-hydrogen) atoms. The van der Waals surface area contributed by atoms with Gasteiger partial charge in [-0.15, -0.1) is 0 Å². The van der Waals surface area contributed by atoms with Crippen molar-refractivity contribution in [2.24, 2.45) is 0 Å². The third kappa shape index (κ3) is 2.10. The van der Waals surface area contributed by atoms with Crippen LogP contribution in [0.25, 0.3) is 0 Å². The molecular formula is C6H7BClNO3. The first kappa shape index (κ1) is 9.31. The Balaban J connectivity index is 2.92. The van der Waals surface area contributed by atoms with Gasteiger partial charge in [0.15, 0.2) is 0 Å². The van der Waals surface area contributed by atoms with E-state index in [2.05, 4.69) is 9.64 Å². The molecule has 0 saturated carbocycles. The Labute approximate surface area is 74.9 Å². The average Bonchev–Trinajstić information content (AvgIpc) is 1.98. The molecule has 0 aliphatic heterocycles. The Morgan fingerprint density at radius 2 is 2.25 bits per heavy atom. The number of hydrogen-bond donors (Lipinski definition) is 2. The van der Waals surface area contributed by atoms with Gasteiger partial charge >= 0.3 is 7.32 Å². The summed E-state index contributed by atoms with van der Waals surface area (Å²) in [5.41, 5.74) is 0.576. The summed E-state index contributed by atoms with van der Waals surface area (Å²) >= 11 is 5.64. The van der Waals surface area contributed by atoms with Crippen LogP contribution in [0.4, 0.5) is 0 Å². The fourth-order valence-corrected chi connectivity index (χ4v) is 0.885. The van der Waals surface area contributed by atoms with Crippen molar-refractivity contribution >= 4 is 18.9 Å². The van der Waals surface area contributed by atoms with Gasteiger partial charge in [0.1, 0.15) is 10.9 Å². The van der Waals surface area contributed by atoms with Crippen molar-refractivity contribution in [3.05, 3.63) is 23.0 Å². The second kappa shape index (κ2) is 3.75. The third-order valence-corrected chi connectivity index (χ3v) is 1.71. The first-order valence-electron chi connectivity index (χ1n) is 3.25. The summed E-state index contributed by atoms with van der Waals surface area (Å²) in [6, 6.07) is 1.50. The molecule has 0 aliphatic rings. The lowest BCUT2D eigenvalue weighted by Gasteiger charge is -2.07. The van der Waals surface area contributed by atoms with Gasteiger partial charge in [-0.1, -0.05) is 11.6 Å². The van der Waals surface area contributed by atoms with Gasteiger partial charge in [0.2, 0.25) is 0 Å². The van der Waals surface area contributed by atoms with E-state index in [9.17, 15) is 0 Å². The molecule has 0 unspecified atom stereocenters. The van der Waals surface area contributed by atoms with E-state index in [1.54, 1.807) is 6.92 Å². The summed E-state index contributed by atoms with van der Waals surface area (Å²) in [5, 5.41) is 17.3. The lowest BCUT2D eigenvalue weighted by molar-refractivity contribution is 0.287. The number of halogens is 1. The molecule has 0 bridgehead atoms. The zero-order chi connectivity index (χ0) is 9.14. The Hall–Kier alpha value is -0.775. The van der Waals surface area contributed by atoms with Crippen LogP contribution < -0.4 is 4.65 Å². The molecule has 1 aromatic rings. The van der Waals surface area contributed by atoms with E-state index >= 15 is 0 Å². The fraction of sp³-hybridized carbons (Fsp3) is 0.167. The van der Waals surface area contributed by atoms with Gasteiger partial charge in [-0.25, -0.2) is 4.98 Å². The second-order valence-electron chi connectivity index (χ2n) is 2.17. The van der Waals surface area contributed by atoms with Crippen molar-refractivity contribution in [1.29, 1.82) is 0 Å². The summed E-state index contributed by atoms with van der Waals surface area (Å²) in [4.78, 5) is 3.77. The van der Waals surface area contributed by atoms with Gasteiger partial charge in [0.05, 0.1) is 0 Å². The molecule has 4 nitrogen and oxygen atoms in total. The highest BCUT2D eigenvalue weighted by Crippen LogP contribution is 2.22. The van der Waals surface area contributed by atoms with Crippen molar-refractivity contribution in [1.82, 2.24) is 4.98 Å². The molecule has 0 atom stereocenters. The van der Waals surface area contributed by atoms with Gasteiger partial charge in [-0.05, 0) is 13.0 Å². The zero-order valence-corrected chi connectivity index (χ0v) is 7.12. The zero-order valence-electron chi connectivity index (χ0n) is 6.36. The highest BCUT2D eigenvalue weighted by molar-refractivity contribution is 6.34. The molecule has 64 valence electrons. The predicted molar refractivity (Wildman–Crippen MR) is 44.8 cm³/mol. The minimum Gasteiger partial charge on any atom is -0.512 e. The lowest BCUT2D eigenvalue weighted by Crippen LogP contribution is -2.21. The maximum atomic E-state index is 8.49. The van der Waals surface area contributed by atoms with Crippen LogP contribution in [-0.2, 0) is 0 Å². The fourth-order valence-electron chi connectivity index (χ4n) is 0.735. The van der Waals surface area contributed by atoms with Crippen molar-refractivity contribution in [2.75, 3.05) is 0 Å². The van der Waals surface area contributed by atoms with Crippen LogP contribution in [-0.4, -0.2) is 22.4 Å². The molecule has 0 fully saturated rings. The smallest absolute Gasteiger partial charge is 0.512 e. The Morgan fingerprint density at radius 3 is 2.83 bits per heavy atom. The summed E-state index contributed by atoms with van der Waals surface area (Å²) in [6.07, 6.45) is 1.42. The van der Waals surface area contributed by atoms with Crippen molar-refractivity contribution in [2.45, 2.75) is 6.92 Å². The van der Waals surface area contributed by atoms with E-state index in [4.69, 9.17) is 21.6 Å². The van der Waals surface area contributed by atoms with Crippen LogP contribution in [0, 0.1) is 6.92 Å². The molecular weight excluding hydrogens is 180 g/mol. The second-order valence-corrected chi connectivity index (χ2v) is 2.53. The van der Waals surface area contributed by atoms with E-state index in [1.807, 2.05) is 0 Å². The van der Waals surface area contributed by atoms with E-state index in [0.717, 1.165) is 0 Å². The van der Waals surface area contributed by atoms with Gasteiger partial charge in [-0.2, -0.15) is 0 Å². The minimum atomic E-state index is -1.83. The van der Waals surface area contributed by atoms with Crippen LogP contribution >= 0.6 is 11.6 Å². The first-order valence-corrected chi connectivity index (χ1v) is 3.63. The van der Waals surface area contributed by atoms with Crippen LogP contribution in [0.15, 0.2) is 12.3 Å². The molecule has 0 aliphatic carbocycles. The normalized spacial score (nSPS) is 9.67. The highest BCUT2D eigenvalue weighted by Gasteiger charge is 2.13. The largest absolute Gasteiger partial charge is 0.707 e. The average molecular weight is 187 g/mol. The highest BCUT2D eigenvalue weighted by atomic mass is 35.5. The molecule has 0 amide bonds. The summed E-state index contributed by atoms with van der Waals surface area (Å²) in [6.45, 7) is 1.67. The summed E-state index contributed by atoms with van der Waals surface area (Å²) < 4.78 is 4.61. The van der Waals surface area contributed by atoms with E-state index < -0.39 is 7.32 Å². The summed E-state index contributed by atoms with van der Waals surface area (Å²) in [7, 11) is -1.83. The maximum absolute atomic E-state index is 8.49. The SMILES string of the molecule is Cc1c(OB(O)O)ccnc1Cl. The number of nitrogens with zero attached hydrogens (tertiary/aromatic N) is 1. The Bertz CT molecular complexity index is 281. The number of aromatic nitrogens is 1. The molecule has 0 aromatic carbocycles. The van der Waals surface area contributed by atoms with Gasteiger partial charge < -0.3 is 14.7 Å². The van der Waals surface area contributed by atoms with E-state index in [0.29, 0.717) is 11.3 Å². The third-order valence-electron chi connectivity index (χ3n) is 1.33. The van der Waals surface area contributed by atoms with Crippen molar-refractivity contribution in [3.63, 3.8) is 0 Å². The van der Waals surface area contributed by atoms with Crippen LogP contribution in [0.2, 0.25) is 5.15 Å². The predicted octanol–water partition coefficient (Wildman–Crippen LogP) is 0.392. The lowest BCUT2D eigenvalue weighted by atomic mass is 10.2. The van der Waals surface area contributed by atoms with E-state index in [-0.39, 0.29) is 5.15 Å². The van der Waals surface area contributed by atoms with Gasteiger partial charge in [0, 0.05) is 11.8 Å². The molecule has 1 aromatic heterocycles. The van der Waals surface area contributed by atoms with E-state index in [1.165, 1.54) is 12.3 Å². The van der Waals surface area contributed by atoms with Crippen LogP contribution in [0.3, 0.4) is 0 Å². The Kier molecular flexibility index (Phi) is 2.91. The van der Waals surface area contributed by atoms with Gasteiger partial charge in [-0.3, -0.25) is 0 Å². The molecule has 0 spiro atoms. The summed E-state index contributed by atoms with van der Waals surface area (Å²) in [5.74, 6) is 0.310. The molecule has 2 N–H and O–H groups in total. The molecule has 6 heteroatoms. The maximum Gasteiger partial charge on any atom is 0.707 e. The van der Waals surface area contributed by atoms with Crippen molar-refractivity contribution in [3.8, 4) is 5.75 Å². The molecule has 1 rings (SSSR count). The van der Waals surface area contributed by atoms with Crippen molar-refractivity contribution < 1.29 is 14.7 Å². The molecule has 0 radical (unpaired) electrons. The molecule has 1 heterocycles.